The maximum atomic E-state index is 12.4. The van der Waals surface area contributed by atoms with Gasteiger partial charge in [-0.1, -0.05) is 0 Å². The topological polar surface area (TPSA) is 65.0 Å². The number of carbonyl (C=O) groups is 1. The fraction of sp³-hybridized carbons (Fsp3) is 0.952. The van der Waals surface area contributed by atoms with E-state index in [9.17, 15) is 9.90 Å². The second-order valence-electron chi connectivity index (χ2n) is 10.1. The monoisotopic (exact) mass is 381 g/mol. The van der Waals surface area contributed by atoms with Gasteiger partial charge in [0.1, 0.15) is 5.60 Å². The summed E-state index contributed by atoms with van der Waals surface area (Å²) in [6.07, 6.45) is 7.17. The van der Waals surface area contributed by atoms with E-state index in [0.29, 0.717) is 12.1 Å². The zero-order valence-electron chi connectivity index (χ0n) is 17.7. The van der Waals surface area contributed by atoms with Crippen LogP contribution in [0.4, 0.5) is 4.79 Å². The van der Waals surface area contributed by atoms with Crippen molar-refractivity contribution in [2.24, 2.45) is 0 Å². The molecule has 1 atom stereocenters. The Balaban J connectivity index is 1.44. The van der Waals surface area contributed by atoms with Crippen molar-refractivity contribution in [1.29, 1.82) is 0 Å². The number of rotatable bonds is 3. The molecule has 2 saturated heterocycles. The van der Waals surface area contributed by atoms with Gasteiger partial charge in [-0.05, 0) is 72.6 Å². The summed E-state index contributed by atoms with van der Waals surface area (Å²) in [6.45, 7) is 11.8. The highest BCUT2D eigenvalue weighted by molar-refractivity contribution is 5.68. The number of hydrogen-bond acceptors (Lipinski definition) is 5. The number of nitrogens with one attached hydrogen (secondary N) is 1. The Morgan fingerprint density at radius 3 is 2.22 bits per heavy atom. The number of carbonyl (C=O) groups excluding carboxylic acids is 1. The predicted octanol–water partition coefficient (Wildman–Crippen LogP) is 2.74. The van der Waals surface area contributed by atoms with Crippen LogP contribution in [0.15, 0.2) is 0 Å². The van der Waals surface area contributed by atoms with E-state index < -0.39 is 5.60 Å². The average Bonchev–Trinajstić information content (AvgIpc) is 3.00. The Hall–Kier alpha value is -0.850. The first-order valence-electron chi connectivity index (χ1n) is 10.8. The van der Waals surface area contributed by atoms with E-state index in [1.807, 2.05) is 25.7 Å². The van der Waals surface area contributed by atoms with Gasteiger partial charge >= 0.3 is 6.09 Å². The number of nitrogens with zero attached hydrogens (tertiary/aromatic N) is 2. The van der Waals surface area contributed by atoms with Crippen LogP contribution in [0.3, 0.4) is 0 Å². The second kappa shape index (κ2) is 8.26. The molecule has 1 aliphatic carbocycles. The van der Waals surface area contributed by atoms with Gasteiger partial charge in [0.25, 0.3) is 0 Å². The smallest absolute Gasteiger partial charge is 0.410 e. The van der Waals surface area contributed by atoms with Crippen molar-refractivity contribution in [2.75, 3.05) is 26.2 Å². The first-order valence-corrected chi connectivity index (χ1v) is 10.8. The molecular weight excluding hydrogens is 342 g/mol. The highest BCUT2D eigenvalue weighted by Crippen LogP contribution is 2.31. The van der Waals surface area contributed by atoms with Gasteiger partial charge in [-0.15, -0.1) is 0 Å². The van der Waals surface area contributed by atoms with E-state index in [2.05, 4.69) is 17.1 Å². The van der Waals surface area contributed by atoms with E-state index in [0.717, 1.165) is 58.3 Å². The van der Waals surface area contributed by atoms with Gasteiger partial charge in [0.2, 0.25) is 0 Å². The van der Waals surface area contributed by atoms with Crippen LogP contribution >= 0.6 is 0 Å². The number of amides is 1. The minimum absolute atomic E-state index is 0.0663. The van der Waals surface area contributed by atoms with Crippen LogP contribution in [0.5, 0.6) is 0 Å². The molecule has 2 N–H and O–H groups in total. The van der Waals surface area contributed by atoms with Crippen LogP contribution in [0.25, 0.3) is 0 Å². The lowest BCUT2D eigenvalue weighted by Gasteiger charge is -2.44. The molecule has 3 rings (SSSR count). The van der Waals surface area contributed by atoms with Gasteiger partial charge in [0, 0.05) is 43.8 Å². The summed E-state index contributed by atoms with van der Waals surface area (Å²) in [6, 6.07) is 1.17. The van der Waals surface area contributed by atoms with E-state index in [4.69, 9.17) is 4.74 Å². The van der Waals surface area contributed by atoms with Crippen molar-refractivity contribution >= 4 is 6.09 Å². The Bertz CT molecular complexity index is 505. The average molecular weight is 382 g/mol. The lowest BCUT2D eigenvalue weighted by atomic mass is 9.90. The van der Waals surface area contributed by atoms with Crippen LogP contribution in [-0.4, -0.2) is 76.5 Å². The minimum Gasteiger partial charge on any atom is -0.444 e. The van der Waals surface area contributed by atoms with Gasteiger partial charge in [-0.3, -0.25) is 4.90 Å². The maximum absolute atomic E-state index is 12.4. The largest absolute Gasteiger partial charge is 0.444 e. The SMILES string of the molecule is CC(C)(C)OC(=O)N1CCC(C)(N2CCC(NC3CCC(O)CC3)CC2)C1. The Labute approximate surface area is 164 Å². The fourth-order valence-corrected chi connectivity index (χ4v) is 4.85. The van der Waals surface area contributed by atoms with E-state index in [-0.39, 0.29) is 17.7 Å². The van der Waals surface area contributed by atoms with Crippen molar-refractivity contribution < 1.29 is 14.6 Å². The fourth-order valence-electron chi connectivity index (χ4n) is 4.85. The molecule has 1 unspecified atom stereocenters. The molecule has 0 aromatic rings. The van der Waals surface area contributed by atoms with Crippen molar-refractivity contribution in [3.8, 4) is 0 Å². The number of piperidine rings is 1. The molecule has 0 aromatic carbocycles. The molecule has 6 heteroatoms. The molecule has 6 nitrogen and oxygen atoms in total. The second-order valence-corrected chi connectivity index (χ2v) is 10.1. The molecule has 2 aliphatic heterocycles. The zero-order chi connectivity index (χ0) is 19.7. The van der Waals surface area contributed by atoms with Crippen molar-refractivity contribution in [1.82, 2.24) is 15.1 Å². The summed E-state index contributed by atoms with van der Waals surface area (Å²) in [5.41, 5.74) is -0.369. The van der Waals surface area contributed by atoms with Crippen molar-refractivity contribution in [3.05, 3.63) is 0 Å². The summed E-state index contributed by atoms with van der Waals surface area (Å²) in [5.74, 6) is 0. The third kappa shape index (κ3) is 5.58. The molecule has 0 radical (unpaired) electrons. The van der Waals surface area contributed by atoms with Crippen LogP contribution in [0.1, 0.15) is 72.6 Å². The third-order valence-electron chi connectivity index (χ3n) is 6.53. The highest BCUT2D eigenvalue weighted by atomic mass is 16.6. The Kier molecular flexibility index (Phi) is 6.38. The highest BCUT2D eigenvalue weighted by Gasteiger charge is 2.43. The van der Waals surface area contributed by atoms with Crippen molar-refractivity contribution in [3.63, 3.8) is 0 Å². The molecular formula is C21H39N3O3. The molecule has 1 amide bonds. The molecule has 0 aromatic heterocycles. The van der Waals surface area contributed by atoms with Gasteiger partial charge in [0.15, 0.2) is 0 Å². The Morgan fingerprint density at radius 2 is 1.63 bits per heavy atom. The molecule has 1 saturated carbocycles. The first kappa shape index (κ1) is 20.9. The van der Waals surface area contributed by atoms with Gasteiger partial charge < -0.3 is 20.1 Å². The molecule has 0 spiro atoms. The summed E-state index contributed by atoms with van der Waals surface area (Å²) in [4.78, 5) is 16.8. The van der Waals surface area contributed by atoms with E-state index in [1.54, 1.807) is 0 Å². The van der Waals surface area contributed by atoms with Gasteiger partial charge in [-0.25, -0.2) is 4.79 Å². The summed E-state index contributed by atoms with van der Waals surface area (Å²) < 4.78 is 5.55. The minimum atomic E-state index is -0.435. The van der Waals surface area contributed by atoms with E-state index >= 15 is 0 Å². The quantitative estimate of drug-likeness (QED) is 0.787. The number of aliphatic hydroxyl groups is 1. The number of hydrogen-bond donors (Lipinski definition) is 2. The summed E-state index contributed by atoms with van der Waals surface area (Å²) >= 11 is 0. The standard InChI is InChI=1S/C21H39N3O3/c1-20(2,3)27-19(26)23-14-11-21(4,15-23)24-12-9-17(10-13-24)22-16-5-7-18(25)8-6-16/h16-18,22,25H,5-15H2,1-4H3. The predicted molar refractivity (Wildman–Crippen MR) is 107 cm³/mol. The maximum Gasteiger partial charge on any atom is 0.410 e. The summed E-state index contributed by atoms with van der Waals surface area (Å²) in [5, 5.41) is 13.5. The molecule has 3 aliphatic rings. The summed E-state index contributed by atoms with van der Waals surface area (Å²) in [7, 11) is 0. The van der Waals surface area contributed by atoms with Crippen LogP contribution in [-0.2, 0) is 4.74 Å². The van der Waals surface area contributed by atoms with Gasteiger partial charge in [-0.2, -0.15) is 0 Å². The van der Waals surface area contributed by atoms with E-state index in [1.165, 1.54) is 12.8 Å². The van der Waals surface area contributed by atoms with Crippen LogP contribution in [0, 0.1) is 0 Å². The lowest BCUT2D eigenvalue weighted by Crippen LogP contribution is -2.55. The number of aliphatic hydroxyl groups excluding tert-OH is 1. The van der Waals surface area contributed by atoms with Crippen molar-refractivity contribution in [2.45, 2.75) is 102 Å². The molecule has 27 heavy (non-hydrogen) atoms. The number of ether oxygens (including phenoxy) is 1. The van der Waals surface area contributed by atoms with Gasteiger partial charge in [0.05, 0.1) is 6.10 Å². The third-order valence-corrected chi connectivity index (χ3v) is 6.53. The first-order chi connectivity index (χ1) is 12.6. The molecule has 156 valence electrons. The van der Waals surface area contributed by atoms with Crippen LogP contribution in [0.2, 0.25) is 0 Å². The number of likely N-dealkylation sites (tertiary alicyclic amines) is 2. The normalized spacial score (nSPS) is 34.0. The lowest BCUT2D eigenvalue weighted by molar-refractivity contribution is 0.0223. The van der Waals surface area contributed by atoms with Crippen LogP contribution < -0.4 is 5.32 Å². The Morgan fingerprint density at radius 1 is 1.04 bits per heavy atom. The molecule has 2 heterocycles. The zero-order valence-corrected chi connectivity index (χ0v) is 17.7. The molecule has 3 fully saturated rings. The molecule has 0 bridgehead atoms.